The molecule has 2 amide bonds. The van der Waals surface area contributed by atoms with Gasteiger partial charge in [-0.2, -0.15) is 0 Å². The highest BCUT2D eigenvalue weighted by atomic mass is 16.5. The largest absolute Gasteiger partial charge is 0.484 e. The van der Waals surface area contributed by atoms with Crippen LogP contribution < -0.4 is 15.0 Å². The van der Waals surface area contributed by atoms with Crippen molar-refractivity contribution < 1.29 is 14.3 Å². The Labute approximate surface area is 154 Å². The van der Waals surface area contributed by atoms with Crippen molar-refractivity contribution in [3.63, 3.8) is 0 Å². The van der Waals surface area contributed by atoms with Gasteiger partial charge in [-0.25, -0.2) is 0 Å². The van der Waals surface area contributed by atoms with E-state index in [1.807, 2.05) is 61.5 Å². The fourth-order valence-corrected chi connectivity index (χ4v) is 2.29. The minimum atomic E-state index is -0.328. The first-order valence-corrected chi connectivity index (χ1v) is 8.40. The van der Waals surface area contributed by atoms with Crippen LogP contribution in [0.1, 0.15) is 5.56 Å². The zero-order chi connectivity index (χ0) is 18.9. The third-order valence-corrected chi connectivity index (χ3v) is 3.85. The van der Waals surface area contributed by atoms with Gasteiger partial charge in [0.25, 0.3) is 5.91 Å². The van der Waals surface area contributed by atoms with Crippen LogP contribution in [0.2, 0.25) is 0 Å². The Morgan fingerprint density at radius 2 is 1.62 bits per heavy atom. The van der Waals surface area contributed by atoms with E-state index in [2.05, 4.69) is 5.32 Å². The van der Waals surface area contributed by atoms with E-state index in [4.69, 9.17) is 4.74 Å². The average Bonchev–Trinajstić information content (AvgIpc) is 2.65. The minimum Gasteiger partial charge on any atom is -0.484 e. The van der Waals surface area contributed by atoms with Crippen molar-refractivity contribution in [1.82, 2.24) is 10.2 Å². The van der Waals surface area contributed by atoms with Crippen LogP contribution in [0.5, 0.6) is 5.75 Å². The molecule has 0 radical (unpaired) electrons. The Hall–Kier alpha value is -3.02. The van der Waals surface area contributed by atoms with Crippen LogP contribution in [-0.4, -0.2) is 51.0 Å². The summed E-state index contributed by atoms with van der Waals surface area (Å²) in [5, 5.41) is 2.58. The molecule has 2 aromatic carbocycles. The number of anilines is 1. The van der Waals surface area contributed by atoms with Gasteiger partial charge in [-0.15, -0.1) is 0 Å². The number of hydrogen-bond acceptors (Lipinski definition) is 4. The summed E-state index contributed by atoms with van der Waals surface area (Å²) in [5.74, 6) is 0.132. The Bertz CT molecular complexity index is 715. The van der Waals surface area contributed by atoms with E-state index >= 15 is 0 Å². The van der Waals surface area contributed by atoms with Gasteiger partial charge in [0.2, 0.25) is 5.91 Å². The predicted molar refractivity (Wildman–Crippen MR) is 102 cm³/mol. The molecule has 0 bridgehead atoms. The molecule has 2 rings (SSSR count). The van der Waals surface area contributed by atoms with Crippen molar-refractivity contribution in [2.24, 2.45) is 0 Å². The number of likely N-dealkylation sites (N-methyl/N-ethyl adjacent to an activating group) is 1. The SMILES string of the molecule is CN(Cc1ccc(N(C)C)cc1)C(=O)CNC(=O)COc1ccccc1. The first-order valence-electron chi connectivity index (χ1n) is 8.40. The van der Waals surface area contributed by atoms with E-state index in [9.17, 15) is 9.59 Å². The topological polar surface area (TPSA) is 61.9 Å². The summed E-state index contributed by atoms with van der Waals surface area (Å²) in [6, 6.07) is 17.1. The van der Waals surface area contributed by atoms with Gasteiger partial charge in [-0.1, -0.05) is 30.3 Å². The van der Waals surface area contributed by atoms with Crippen molar-refractivity contribution in [1.29, 1.82) is 0 Å². The monoisotopic (exact) mass is 355 g/mol. The van der Waals surface area contributed by atoms with E-state index < -0.39 is 0 Å². The second-order valence-electron chi connectivity index (χ2n) is 6.19. The zero-order valence-electron chi connectivity index (χ0n) is 15.4. The third kappa shape index (κ3) is 6.12. The molecule has 0 aliphatic heterocycles. The summed E-state index contributed by atoms with van der Waals surface area (Å²) >= 11 is 0. The molecule has 0 aromatic heterocycles. The molecule has 6 heteroatoms. The number of para-hydroxylation sites is 1. The van der Waals surface area contributed by atoms with Crippen LogP contribution in [0, 0.1) is 0 Å². The van der Waals surface area contributed by atoms with Gasteiger partial charge in [0.15, 0.2) is 6.61 Å². The summed E-state index contributed by atoms with van der Waals surface area (Å²) in [6.07, 6.45) is 0. The van der Waals surface area contributed by atoms with E-state index in [0.717, 1.165) is 11.3 Å². The average molecular weight is 355 g/mol. The number of carbonyl (C=O) groups is 2. The Kier molecular flexibility index (Phi) is 7.02. The number of hydrogen-bond donors (Lipinski definition) is 1. The van der Waals surface area contributed by atoms with Crippen LogP contribution in [0.4, 0.5) is 5.69 Å². The highest BCUT2D eigenvalue weighted by Gasteiger charge is 2.11. The lowest BCUT2D eigenvalue weighted by molar-refractivity contribution is -0.132. The Balaban J connectivity index is 1.73. The molecule has 0 unspecified atom stereocenters. The van der Waals surface area contributed by atoms with Crippen LogP contribution in [-0.2, 0) is 16.1 Å². The number of benzene rings is 2. The number of amides is 2. The van der Waals surface area contributed by atoms with Crippen molar-refractivity contribution >= 4 is 17.5 Å². The smallest absolute Gasteiger partial charge is 0.258 e. The minimum absolute atomic E-state index is 0.0523. The van der Waals surface area contributed by atoms with Crippen molar-refractivity contribution in [3.8, 4) is 5.75 Å². The molecule has 0 saturated carbocycles. The summed E-state index contributed by atoms with van der Waals surface area (Å²) in [7, 11) is 5.68. The highest BCUT2D eigenvalue weighted by Crippen LogP contribution is 2.13. The standard InChI is InChI=1S/C20H25N3O3/c1-22(2)17-11-9-16(10-12-17)14-23(3)20(25)13-21-19(24)15-26-18-7-5-4-6-8-18/h4-12H,13-15H2,1-3H3,(H,21,24). The number of carbonyl (C=O) groups excluding carboxylic acids is 2. The van der Waals surface area contributed by atoms with Gasteiger partial charge >= 0.3 is 0 Å². The van der Waals surface area contributed by atoms with E-state index in [0.29, 0.717) is 12.3 Å². The van der Waals surface area contributed by atoms with E-state index in [1.165, 1.54) is 0 Å². The summed E-state index contributed by atoms with van der Waals surface area (Å²) < 4.78 is 5.35. The molecule has 1 N–H and O–H groups in total. The molecular weight excluding hydrogens is 330 g/mol. The lowest BCUT2D eigenvalue weighted by atomic mass is 10.2. The molecule has 0 atom stereocenters. The van der Waals surface area contributed by atoms with Gasteiger partial charge < -0.3 is 19.9 Å². The Morgan fingerprint density at radius 1 is 0.962 bits per heavy atom. The molecule has 0 heterocycles. The lowest BCUT2D eigenvalue weighted by Crippen LogP contribution is -2.39. The third-order valence-electron chi connectivity index (χ3n) is 3.85. The first-order chi connectivity index (χ1) is 12.5. The summed E-state index contributed by atoms with van der Waals surface area (Å²) in [6.45, 7) is 0.319. The fourth-order valence-electron chi connectivity index (χ4n) is 2.29. The Morgan fingerprint density at radius 3 is 2.23 bits per heavy atom. The molecule has 138 valence electrons. The molecular formula is C20H25N3O3. The van der Waals surface area contributed by atoms with Gasteiger partial charge in [0.1, 0.15) is 5.75 Å². The van der Waals surface area contributed by atoms with Crippen LogP contribution >= 0.6 is 0 Å². The van der Waals surface area contributed by atoms with Gasteiger partial charge in [0.05, 0.1) is 6.54 Å². The molecule has 0 saturated heterocycles. The second-order valence-corrected chi connectivity index (χ2v) is 6.19. The van der Waals surface area contributed by atoms with Crippen molar-refractivity contribution in [3.05, 3.63) is 60.2 Å². The molecule has 6 nitrogen and oxygen atoms in total. The van der Waals surface area contributed by atoms with Crippen LogP contribution in [0.3, 0.4) is 0 Å². The van der Waals surface area contributed by atoms with E-state index in [-0.39, 0.29) is 25.0 Å². The molecule has 0 aliphatic carbocycles. The first kappa shape index (κ1) is 19.3. The number of nitrogens with one attached hydrogen (secondary N) is 1. The second kappa shape index (κ2) is 9.46. The molecule has 26 heavy (non-hydrogen) atoms. The highest BCUT2D eigenvalue weighted by molar-refractivity contribution is 5.85. The number of rotatable bonds is 8. The zero-order valence-corrected chi connectivity index (χ0v) is 15.4. The fraction of sp³-hybridized carbons (Fsp3) is 0.300. The summed E-state index contributed by atoms with van der Waals surface area (Å²) in [4.78, 5) is 27.6. The van der Waals surface area contributed by atoms with E-state index in [1.54, 1.807) is 24.1 Å². The van der Waals surface area contributed by atoms with Crippen LogP contribution in [0.25, 0.3) is 0 Å². The predicted octanol–water partition coefficient (Wildman–Crippen LogP) is 1.91. The summed E-state index contributed by atoms with van der Waals surface area (Å²) in [5.41, 5.74) is 2.14. The van der Waals surface area contributed by atoms with Gasteiger partial charge in [0, 0.05) is 33.4 Å². The maximum atomic E-state index is 12.2. The lowest BCUT2D eigenvalue weighted by Gasteiger charge is -2.19. The maximum absolute atomic E-state index is 12.2. The number of nitrogens with zero attached hydrogens (tertiary/aromatic N) is 2. The molecule has 2 aromatic rings. The molecule has 0 spiro atoms. The molecule has 0 fully saturated rings. The van der Waals surface area contributed by atoms with Gasteiger partial charge in [-0.3, -0.25) is 9.59 Å². The van der Waals surface area contributed by atoms with Crippen LogP contribution in [0.15, 0.2) is 54.6 Å². The van der Waals surface area contributed by atoms with Crippen molar-refractivity contribution in [2.75, 3.05) is 39.2 Å². The van der Waals surface area contributed by atoms with Crippen molar-refractivity contribution in [2.45, 2.75) is 6.54 Å². The molecule has 0 aliphatic rings. The maximum Gasteiger partial charge on any atom is 0.258 e. The number of ether oxygens (including phenoxy) is 1. The van der Waals surface area contributed by atoms with Gasteiger partial charge in [-0.05, 0) is 29.8 Å². The quantitative estimate of drug-likeness (QED) is 0.786. The normalized spacial score (nSPS) is 10.1.